The first-order chi connectivity index (χ1) is 13.6. The largest absolute Gasteiger partial charge is 0.383 e. The summed E-state index contributed by atoms with van der Waals surface area (Å²) >= 11 is 0. The lowest BCUT2D eigenvalue weighted by Crippen LogP contribution is -2.30. The Balaban J connectivity index is 1.68. The van der Waals surface area contributed by atoms with Crippen molar-refractivity contribution in [1.82, 2.24) is 10.2 Å². The number of nitrogens with zero attached hydrogens (tertiary/aromatic N) is 2. The number of carbonyl (C=O) groups excluding carboxylic acids is 1. The monoisotopic (exact) mass is 382 g/mol. The highest BCUT2D eigenvalue weighted by atomic mass is 16.6. The predicted octanol–water partition coefficient (Wildman–Crippen LogP) is 3.55. The second-order valence-corrected chi connectivity index (χ2v) is 7.03. The third-order valence-electron chi connectivity index (χ3n) is 5.13. The summed E-state index contributed by atoms with van der Waals surface area (Å²) in [5.41, 5.74) is 2.83. The van der Waals surface area contributed by atoms with E-state index >= 15 is 0 Å². The average Bonchev–Trinajstić information content (AvgIpc) is 2.73. The predicted molar refractivity (Wildman–Crippen MR) is 109 cm³/mol. The van der Waals surface area contributed by atoms with Crippen LogP contribution in [0.5, 0.6) is 0 Å². The molecule has 2 aromatic rings. The summed E-state index contributed by atoms with van der Waals surface area (Å²) in [6.07, 6.45) is 3.77. The fourth-order valence-corrected chi connectivity index (χ4v) is 3.56. The van der Waals surface area contributed by atoms with Gasteiger partial charge in [0.05, 0.1) is 4.92 Å². The van der Waals surface area contributed by atoms with E-state index in [0.717, 1.165) is 25.2 Å². The molecule has 7 nitrogen and oxygen atoms in total. The molecular formula is C21H26N4O3. The van der Waals surface area contributed by atoms with Crippen molar-refractivity contribution in [2.24, 2.45) is 0 Å². The van der Waals surface area contributed by atoms with Crippen molar-refractivity contribution in [3.05, 3.63) is 69.3 Å². The van der Waals surface area contributed by atoms with Crippen molar-refractivity contribution < 1.29 is 9.72 Å². The van der Waals surface area contributed by atoms with Gasteiger partial charge in [0.15, 0.2) is 0 Å². The molecule has 28 heavy (non-hydrogen) atoms. The Hall–Kier alpha value is -2.93. The van der Waals surface area contributed by atoms with Gasteiger partial charge in [-0.2, -0.15) is 0 Å². The maximum absolute atomic E-state index is 12.5. The van der Waals surface area contributed by atoms with Gasteiger partial charge >= 0.3 is 0 Å². The molecule has 7 heteroatoms. The Morgan fingerprint density at radius 2 is 1.82 bits per heavy atom. The van der Waals surface area contributed by atoms with Crippen LogP contribution in [0.3, 0.4) is 0 Å². The van der Waals surface area contributed by atoms with Crippen LogP contribution >= 0.6 is 0 Å². The summed E-state index contributed by atoms with van der Waals surface area (Å²) in [5, 5.41) is 16.9. The van der Waals surface area contributed by atoms with E-state index in [0.29, 0.717) is 12.2 Å². The Labute approximate surface area is 164 Å². The van der Waals surface area contributed by atoms with E-state index in [9.17, 15) is 14.9 Å². The lowest BCUT2D eigenvalue weighted by molar-refractivity contribution is -0.384. The average molecular weight is 382 g/mol. The number of rotatable bonds is 7. The highest BCUT2D eigenvalue weighted by Gasteiger charge is 2.17. The fraction of sp³-hybridized carbons (Fsp3) is 0.381. The summed E-state index contributed by atoms with van der Waals surface area (Å²) in [4.78, 5) is 25.7. The number of hydrogen-bond donors (Lipinski definition) is 2. The third-order valence-corrected chi connectivity index (χ3v) is 5.13. The molecule has 0 saturated carbocycles. The van der Waals surface area contributed by atoms with E-state index in [2.05, 4.69) is 21.6 Å². The van der Waals surface area contributed by atoms with Crippen molar-refractivity contribution in [2.45, 2.75) is 32.4 Å². The van der Waals surface area contributed by atoms with E-state index in [1.165, 1.54) is 30.9 Å². The SMILES string of the molecule is CNc1ccc(C(=O)NCc2ccccc2CN2CCCCC2)cc1[N+](=O)[O-]. The highest BCUT2D eigenvalue weighted by Crippen LogP contribution is 2.25. The molecule has 2 N–H and O–H groups in total. The Kier molecular flexibility index (Phi) is 6.60. The Morgan fingerprint density at radius 3 is 2.50 bits per heavy atom. The van der Waals surface area contributed by atoms with Gasteiger partial charge in [0.25, 0.3) is 11.6 Å². The third kappa shape index (κ3) is 4.86. The lowest BCUT2D eigenvalue weighted by atomic mass is 10.0. The zero-order valence-corrected chi connectivity index (χ0v) is 16.1. The zero-order chi connectivity index (χ0) is 19.9. The number of nitro benzene ring substituents is 1. The van der Waals surface area contributed by atoms with Gasteiger partial charge < -0.3 is 10.6 Å². The molecule has 0 radical (unpaired) electrons. The van der Waals surface area contributed by atoms with Gasteiger partial charge in [-0.15, -0.1) is 0 Å². The highest BCUT2D eigenvalue weighted by molar-refractivity contribution is 5.95. The number of anilines is 1. The van der Waals surface area contributed by atoms with Gasteiger partial charge in [0.2, 0.25) is 0 Å². The maximum atomic E-state index is 12.5. The van der Waals surface area contributed by atoms with E-state index < -0.39 is 4.92 Å². The number of likely N-dealkylation sites (tertiary alicyclic amines) is 1. The number of nitro groups is 1. The Morgan fingerprint density at radius 1 is 1.11 bits per heavy atom. The first-order valence-electron chi connectivity index (χ1n) is 9.62. The molecule has 0 spiro atoms. The van der Waals surface area contributed by atoms with E-state index in [-0.39, 0.29) is 17.2 Å². The van der Waals surface area contributed by atoms with Crippen LogP contribution in [0.15, 0.2) is 42.5 Å². The molecule has 0 aliphatic carbocycles. The van der Waals surface area contributed by atoms with Gasteiger partial charge in [0, 0.05) is 31.8 Å². The molecule has 0 aromatic heterocycles. The molecule has 148 valence electrons. The number of carbonyl (C=O) groups is 1. The number of amides is 1. The molecule has 1 saturated heterocycles. The van der Waals surface area contributed by atoms with Crippen LogP contribution < -0.4 is 10.6 Å². The van der Waals surface area contributed by atoms with Crippen molar-refractivity contribution in [1.29, 1.82) is 0 Å². The molecule has 1 aliphatic rings. The van der Waals surface area contributed by atoms with Crippen molar-refractivity contribution in [2.75, 3.05) is 25.5 Å². The fourth-order valence-electron chi connectivity index (χ4n) is 3.56. The molecule has 0 unspecified atom stereocenters. The van der Waals surface area contributed by atoms with Crippen molar-refractivity contribution in [3.8, 4) is 0 Å². The summed E-state index contributed by atoms with van der Waals surface area (Å²) in [7, 11) is 1.61. The molecule has 1 amide bonds. The van der Waals surface area contributed by atoms with Crippen molar-refractivity contribution >= 4 is 17.3 Å². The van der Waals surface area contributed by atoms with Gasteiger partial charge in [-0.05, 0) is 49.2 Å². The van der Waals surface area contributed by atoms with Crippen molar-refractivity contribution in [3.63, 3.8) is 0 Å². The summed E-state index contributed by atoms with van der Waals surface area (Å²) in [6, 6.07) is 12.6. The number of nitrogens with one attached hydrogen (secondary N) is 2. The molecule has 2 aromatic carbocycles. The molecule has 1 aliphatic heterocycles. The minimum atomic E-state index is -0.490. The second kappa shape index (κ2) is 9.32. The lowest BCUT2D eigenvalue weighted by Gasteiger charge is -2.27. The van der Waals surface area contributed by atoms with E-state index in [4.69, 9.17) is 0 Å². The van der Waals surface area contributed by atoms with Gasteiger partial charge in [-0.1, -0.05) is 30.7 Å². The van der Waals surface area contributed by atoms with Crippen LogP contribution in [0.1, 0.15) is 40.7 Å². The minimum absolute atomic E-state index is 0.111. The number of hydrogen-bond acceptors (Lipinski definition) is 5. The molecular weight excluding hydrogens is 356 g/mol. The Bertz CT molecular complexity index is 847. The standard InChI is InChI=1S/C21H26N4O3/c1-22-19-10-9-16(13-20(19)25(27)28)21(26)23-14-17-7-3-4-8-18(17)15-24-11-5-2-6-12-24/h3-4,7-10,13,22H,2,5-6,11-12,14-15H2,1H3,(H,23,26). The summed E-state index contributed by atoms with van der Waals surface area (Å²) in [6.45, 7) is 3.50. The summed E-state index contributed by atoms with van der Waals surface area (Å²) < 4.78 is 0. The molecule has 3 rings (SSSR count). The quantitative estimate of drug-likeness (QED) is 0.565. The number of piperidine rings is 1. The molecule has 0 atom stereocenters. The number of benzene rings is 2. The first kappa shape index (κ1) is 19.8. The van der Waals surface area contributed by atoms with Crippen LogP contribution in [-0.4, -0.2) is 35.9 Å². The van der Waals surface area contributed by atoms with E-state index in [1.54, 1.807) is 19.2 Å². The van der Waals surface area contributed by atoms with Gasteiger partial charge in [0.1, 0.15) is 5.69 Å². The van der Waals surface area contributed by atoms with Crippen LogP contribution in [0.25, 0.3) is 0 Å². The molecule has 1 fully saturated rings. The smallest absolute Gasteiger partial charge is 0.293 e. The van der Waals surface area contributed by atoms with E-state index in [1.807, 2.05) is 18.2 Å². The normalized spacial score (nSPS) is 14.5. The summed E-state index contributed by atoms with van der Waals surface area (Å²) in [5.74, 6) is -0.321. The molecule has 1 heterocycles. The maximum Gasteiger partial charge on any atom is 0.293 e. The zero-order valence-electron chi connectivity index (χ0n) is 16.1. The minimum Gasteiger partial charge on any atom is -0.383 e. The van der Waals surface area contributed by atoms with Gasteiger partial charge in [-0.3, -0.25) is 19.8 Å². The second-order valence-electron chi connectivity index (χ2n) is 7.03. The first-order valence-corrected chi connectivity index (χ1v) is 9.62. The van der Waals surface area contributed by atoms with Crippen LogP contribution in [-0.2, 0) is 13.1 Å². The molecule has 0 bridgehead atoms. The topological polar surface area (TPSA) is 87.5 Å². The van der Waals surface area contributed by atoms with Crippen LogP contribution in [0.4, 0.5) is 11.4 Å². The van der Waals surface area contributed by atoms with Crippen LogP contribution in [0, 0.1) is 10.1 Å². The van der Waals surface area contributed by atoms with Gasteiger partial charge in [-0.25, -0.2) is 0 Å². The van der Waals surface area contributed by atoms with Crippen LogP contribution in [0.2, 0.25) is 0 Å².